The Morgan fingerprint density at radius 2 is 1.69 bits per heavy atom. The van der Waals surface area contributed by atoms with Crippen molar-refractivity contribution in [3.63, 3.8) is 0 Å². The van der Waals surface area contributed by atoms with Gasteiger partial charge in [-0.25, -0.2) is 0 Å². The van der Waals surface area contributed by atoms with Crippen molar-refractivity contribution in [2.24, 2.45) is 0 Å². The van der Waals surface area contributed by atoms with Crippen LogP contribution >= 0.6 is 36.0 Å². The second-order valence-electron chi connectivity index (χ2n) is 3.03. The molecule has 0 N–H and O–H groups in total. The second kappa shape index (κ2) is 7.00. The molecule has 2 aromatic carbocycles. The zero-order valence-corrected chi connectivity index (χ0v) is 10.3. The van der Waals surface area contributed by atoms with Crippen molar-refractivity contribution in [1.29, 1.82) is 0 Å². The van der Waals surface area contributed by atoms with Gasteiger partial charge < -0.3 is 0 Å². The molecule has 2 aromatic rings. The van der Waals surface area contributed by atoms with E-state index in [1.165, 1.54) is 4.90 Å². The Morgan fingerprint density at radius 1 is 1.00 bits per heavy atom. The monoisotopic (exact) mass is 276 g/mol. The molecule has 0 aromatic heterocycles. The molecule has 0 nitrogen and oxygen atoms in total. The molecule has 0 saturated carbocycles. The summed E-state index contributed by atoms with van der Waals surface area (Å²) in [7, 11) is 0. The van der Waals surface area contributed by atoms with Crippen molar-refractivity contribution in [3.8, 4) is 0 Å². The Bertz CT molecular complexity index is 460. The molecule has 2 rings (SSSR count). The van der Waals surface area contributed by atoms with Gasteiger partial charge >= 0.3 is 29.6 Å². The number of halogens is 1. The molecule has 4 heteroatoms. The molecule has 0 spiro atoms. The van der Waals surface area contributed by atoms with Gasteiger partial charge in [-0.05, 0) is 30.3 Å². The second-order valence-corrected chi connectivity index (χ2v) is 5.06. The Morgan fingerprint density at radius 3 is 2.38 bits per heavy atom. The minimum atomic E-state index is 0. The number of hydrogen-bond acceptors (Lipinski definition) is 2. The zero-order chi connectivity index (χ0) is 10.7. The molecule has 0 amide bonds. The first-order valence-corrected chi connectivity index (χ1v) is 6.11. The van der Waals surface area contributed by atoms with Crippen LogP contribution in [-0.4, -0.2) is 29.6 Å². The fourth-order valence-electron chi connectivity index (χ4n) is 1.19. The van der Waals surface area contributed by atoms with Crippen molar-refractivity contribution in [3.05, 3.63) is 53.6 Å². The number of thiol groups is 1. The molecule has 0 aliphatic heterocycles. The van der Waals surface area contributed by atoms with Crippen LogP contribution in [0.4, 0.5) is 0 Å². The third-order valence-electron chi connectivity index (χ3n) is 1.89. The van der Waals surface area contributed by atoms with E-state index in [4.69, 9.17) is 11.6 Å². The maximum absolute atomic E-state index is 5.94. The van der Waals surface area contributed by atoms with E-state index >= 15 is 0 Å². The quantitative estimate of drug-likeness (QED) is 0.636. The van der Waals surface area contributed by atoms with Crippen molar-refractivity contribution < 1.29 is 0 Å². The summed E-state index contributed by atoms with van der Waals surface area (Å²) in [5.41, 5.74) is 0. The predicted octanol–water partition coefficient (Wildman–Crippen LogP) is 4.13. The van der Waals surface area contributed by atoms with Crippen LogP contribution in [-0.2, 0) is 0 Å². The Kier molecular flexibility index (Phi) is 6.34. The molecule has 0 aliphatic carbocycles. The summed E-state index contributed by atoms with van der Waals surface area (Å²) >= 11 is 12.0. The Hall–Kier alpha value is 0.430. The summed E-state index contributed by atoms with van der Waals surface area (Å²) in [6.45, 7) is 0. The van der Waals surface area contributed by atoms with E-state index in [0.717, 1.165) is 14.8 Å². The summed E-state index contributed by atoms with van der Waals surface area (Å²) in [5.74, 6) is 0. The van der Waals surface area contributed by atoms with Gasteiger partial charge in [-0.15, -0.1) is 12.6 Å². The fraction of sp³-hybridized carbons (Fsp3) is 0. The van der Waals surface area contributed by atoms with Gasteiger partial charge in [0.1, 0.15) is 0 Å². The molecule has 0 unspecified atom stereocenters. The molecule has 78 valence electrons. The average molecular weight is 277 g/mol. The van der Waals surface area contributed by atoms with Gasteiger partial charge in [0, 0.05) is 19.7 Å². The van der Waals surface area contributed by atoms with Crippen molar-refractivity contribution in [1.82, 2.24) is 0 Å². The molecule has 0 bridgehead atoms. The third-order valence-corrected chi connectivity index (χ3v) is 3.73. The van der Waals surface area contributed by atoms with E-state index < -0.39 is 0 Å². The third kappa shape index (κ3) is 4.02. The first-order valence-electron chi connectivity index (χ1n) is 4.47. The molecule has 16 heavy (non-hydrogen) atoms. The van der Waals surface area contributed by atoms with Crippen LogP contribution in [0.5, 0.6) is 0 Å². The molecule has 0 saturated heterocycles. The molecule has 0 heterocycles. The normalized spacial score (nSPS) is 9.62. The van der Waals surface area contributed by atoms with Crippen LogP contribution in [0.2, 0.25) is 5.02 Å². The molecule has 0 atom stereocenters. The van der Waals surface area contributed by atoms with E-state index in [0.29, 0.717) is 0 Å². The number of rotatable bonds is 2. The number of benzene rings is 2. The minimum absolute atomic E-state index is 0. The topological polar surface area (TPSA) is 0 Å². The van der Waals surface area contributed by atoms with Crippen LogP contribution in [0.25, 0.3) is 0 Å². The van der Waals surface area contributed by atoms with Gasteiger partial charge in [-0.2, -0.15) is 0 Å². The molecule has 0 radical (unpaired) electrons. The van der Waals surface area contributed by atoms with Crippen LogP contribution in [0.1, 0.15) is 0 Å². The van der Waals surface area contributed by atoms with Gasteiger partial charge in [0.15, 0.2) is 0 Å². The first kappa shape index (κ1) is 14.5. The summed E-state index contributed by atoms with van der Waals surface area (Å²) in [4.78, 5) is 3.22. The van der Waals surface area contributed by atoms with Crippen LogP contribution in [0.15, 0.2) is 63.2 Å². The maximum atomic E-state index is 5.94. The van der Waals surface area contributed by atoms with Gasteiger partial charge in [0.05, 0.1) is 0 Å². The Balaban J connectivity index is 0.00000128. The van der Waals surface area contributed by atoms with E-state index in [1.54, 1.807) is 11.8 Å². The summed E-state index contributed by atoms with van der Waals surface area (Å²) in [5, 5.41) is 0.742. The Labute approximate surface area is 132 Å². The summed E-state index contributed by atoms with van der Waals surface area (Å²) in [6, 6.07) is 15.9. The predicted molar refractivity (Wildman–Crippen MR) is 76.4 cm³/mol. The fourth-order valence-corrected chi connectivity index (χ4v) is 2.60. The molecular formula is C12H10ClNaS2. The van der Waals surface area contributed by atoms with Crippen LogP contribution < -0.4 is 0 Å². The van der Waals surface area contributed by atoms with E-state index in [1.807, 2.05) is 36.4 Å². The summed E-state index contributed by atoms with van der Waals surface area (Å²) in [6.07, 6.45) is 0. The molecule has 0 fully saturated rings. The van der Waals surface area contributed by atoms with Crippen LogP contribution in [0.3, 0.4) is 0 Å². The van der Waals surface area contributed by atoms with Crippen molar-refractivity contribution >= 4 is 65.5 Å². The van der Waals surface area contributed by atoms with Gasteiger partial charge in [-0.3, -0.25) is 0 Å². The average Bonchev–Trinajstić information content (AvgIpc) is 2.25. The van der Waals surface area contributed by atoms with E-state index in [2.05, 4.69) is 24.8 Å². The molecule has 0 aliphatic rings. The zero-order valence-electron chi connectivity index (χ0n) is 7.85. The van der Waals surface area contributed by atoms with E-state index in [9.17, 15) is 0 Å². The van der Waals surface area contributed by atoms with Crippen molar-refractivity contribution in [2.75, 3.05) is 0 Å². The SMILES string of the molecule is Sc1ccc(Cl)cc1Sc1ccccc1.[NaH]. The standard InChI is InChI=1S/C12H9ClS2.Na.H/c13-9-6-7-11(14)12(8-9)15-10-4-2-1-3-5-10;;/h1-8,14H;;. The first-order chi connectivity index (χ1) is 7.25. The molecular weight excluding hydrogens is 267 g/mol. The summed E-state index contributed by atoms with van der Waals surface area (Å²) < 4.78 is 0. The van der Waals surface area contributed by atoms with Gasteiger partial charge in [0.25, 0.3) is 0 Å². The number of hydrogen-bond donors (Lipinski definition) is 1. The van der Waals surface area contributed by atoms with Crippen molar-refractivity contribution in [2.45, 2.75) is 14.7 Å². The van der Waals surface area contributed by atoms with Gasteiger partial charge in [-0.1, -0.05) is 41.6 Å². The van der Waals surface area contributed by atoms with Gasteiger partial charge in [0.2, 0.25) is 0 Å². The van der Waals surface area contributed by atoms with E-state index in [-0.39, 0.29) is 29.6 Å². The van der Waals surface area contributed by atoms with Crippen LogP contribution in [0, 0.1) is 0 Å².